The number of carbonyl (C=O) groups excluding carboxylic acids is 1. The van der Waals surface area contributed by atoms with Crippen LogP contribution in [0, 0.1) is 5.82 Å². The maximum Gasteiger partial charge on any atom is 0.341 e. The molecule has 0 radical (unpaired) electrons. The van der Waals surface area contributed by atoms with E-state index in [1.165, 1.54) is 54.6 Å². The summed E-state index contributed by atoms with van der Waals surface area (Å²) in [6, 6.07) is 15.4. The van der Waals surface area contributed by atoms with E-state index in [0.29, 0.717) is 16.6 Å². The Morgan fingerprint density at radius 2 is 1.54 bits per heavy atom. The third-order valence-corrected chi connectivity index (χ3v) is 5.77. The Kier molecular flexibility index (Phi) is 4.62. The molecule has 3 aromatic carbocycles. The van der Waals surface area contributed by atoms with Crippen molar-refractivity contribution < 1.29 is 21.8 Å². The van der Waals surface area contributed by atoms with Crippen molar-refractivity contribution in [2.75, 3.05) is 0 Å². The van der Waals surface area contributed by atoms with E-state index in [2.05, 4.69) is 8.75 Å². The van der Waals surface area contributed by atoms with E-state index in [4.69, 9.17) is 4.18 Å². The van der Waals surface area contributed by atoms with Crippen LogP contribution in [0.2, 0.25) is 0 Å². The van der Waals surface area contributed by atoms with Crippen LogP contribution in [0.1, 0.15) is 15.9 Å². The zero-order chi connectivity index (χ0) is 19.7. The van der Waals surface area contributed by atoms with Crippen LogP contribution in [0.25, 0.3) is 11.0 Å². The third kappa shape index (κ3) is 3.49. The van der Waals surface area contributed by atoms with Crippen LogP contribution in [0.4, 0.5) is 4.39 Å². The van der Waals surface area contributed by atoms with Gasteiger partial charge in [-0.1, -0.05) is 6.07 Å². The molecule has 6 nitrogen and oxygen atoms in total. The van der Waals surface area contributed by atoms with Crippen molar-refractivity contribution in [2.45, 2.75) is 4.90 Å². The molecule has 0 spiro atoms. The van der Waals surface area contributed by atoms with E-state index >= 15 is 0 Å². The summed E-state index contributed by atoms with van der Waals surface area (Å²) in [5, 5.41) is 0. The van der Waals surface area contributed by atoms with Gasteiger partial charge in [0.1, 0.15) is 27.5 Å². The van der Waals surface area contributed by atoms with Gasteiger partial charge in [-0.2, -0.15) is 17.2 Å². The first-order valence-corrected chi connectivity index (χ1v) is 10.1. The van der Waals surface area contributed by atoms with Gasteiger partial charge in [0.05, 0.1) is 11.7 Å². The fraction of sp³-hybridized carbons (Fsp3) is 0. The summed E-state index contributed by atoms with van der Waals surface area (Å²) in [5.41, 5.74) is 1.36. The number of aromatic nitrogens is 2. The van der Waals surface area contributed by atoms with Crippen molar-refractivity contribution in [2.24, 2.45) is 0 Å². The molecular formula is C19H11FN2O4S2. The number of hydrogen-bond donors (Lipinski definition) is 0. The molecule has 28 heavy (non-hydrogen) atoms. The zero-order valence-electron chi connectivity index (χ0n) is 14.1. The molecule has 0 aliphatic rings. The smallest absolute Gasteiger partial charge is 0.341 e. The normalized spacial score (nSPS) is 11.5. The lowest BCUT2D eigenvalue weighted by atomic mass is 10.0. The predicted molar refractivity (Wildman–Crippen MR) is 102 cm³/mol. The second-order valence-electron chi connectivity index (χ2n) is 5.79. The van der Waals surface area contributed by atoms with E-state index in [1.54, 1.807) is 12.1 Å². The van der Waals surface area contributed by atoms with Crippen molar-refractivity contribution in [3.05, 3.63) is 83.7 Å². The minimum Gasteiger partial charge on any atom is -0.379 e. The molecule has 0 aliphatic carbocycles. The molecule has 0 saturated heterocycles. The molecule has 0 fully saturated rings. The average molecular weight is 414 g/mol. The lowest BCUT2D eigenvalue weighted by Crippen LogP contribution is -2.10. The van der Waals surface area contributed by atoms with E-state index in [-0.39, 0.29) is 21.9 Å². The average Bonchev–Trinajstić information content (AvgIpc) is 3.17. The van der Waals surface area contributed by atoms with Gasteiger partial charge in [-0.15, -0.1) is 0 Å². The number of nitrogens with zero attached hydrogens (tertiary/aromatic N) is 2. The number of halogens is 1. The van der Waals surface area contributed by atoms with Gasteiger partial charge < -0.3 is 4.18 Å². The number of fused-ring (bicyclic) bond motifs is 1. The minimum atomic E-state index is -4.12. The van der Waals surface area contributed by atoms with Gasteiger partial charge in [0.25, 0.3) is 0 Å². The standard InChI is InChI=1S/C19H11FN2O4S2/c20-14-8-4-12(5-9-14)19(23)13-6-10-15(11-7-13)26-28(24,25)17-3-1-2-16-18(17)22-27-21-16/h1-11H. The molecule has 4 aromatic rings. The van der Waals surface area contributed by atoms with Crippen molar-refractivity contribution >= 4 is 38.7 Å². The van der Waals surface area contributed by atoms with Crippen molar-refractivity contribution in [3.63, 3.8) is 0 Å². The first-order chi connectivity index (χ1) is 13.4. The predicted octanol–water partition coefficient (Wildman–Crippen LogP) is 3.83. The SMILES string of the molecule is O=C(c1ccc(F)cc1)c1ccc(OS(=O)(=O)c2cccc3nsnc23)cc1. The van der Waals surface area contributed by atoms with Crippen LogP contribution < -0.4 is 4.18 Å². The van der Waals surface area contributed by atoms with Crippen LogP contribution in [-0.2, 0) is 10.1 Å². The van der Waals surface area contributed by atoms with E-state index in [1.807, 2.05) is 0 Å². The van der Waals surface area contributed by atoms with Crippen LogP contribution in [0.5, 0.6) is 5.75 Å². The molecule has 0 bridgehead atoms. The highest BCUT2D eigenvalue weighted by Crippen LogP contribution is 2.25. The number of carbonyl (C=O) groups is 1. The molecule has 0 unspecified atom stereocenters. The molecule has 1 aromatic heterocycles. The Morgan fingerprint density at radius 1 is 0.893 bits per heavy atom. The number of rotatable bonds is 5. The fourth-order valence-electron chi connectivity index (χ4n) is 2.58. The third-order valence-electron chi connectivity index (χ3n) is 3.95. The quantitative estimate of drug-likeness (QED) is 0.364. The lowest BCUT2D eigenvalue weighted by molar-refractivity contribution is 0.103. The van der Waals surface area contributed by atoms with Crippen molar-refractivity contribution in [1.82, 2.24) is 8.75 Å². The highest BCUT2D eigenvalue weighted by Gasteiger charge is 2.22. The molecule has 1 heterocycles. The minimum absolute atomic E-state index is 0.0517. The van der Waals surface area contributed by atoms with Crippen LogP contribution in [0.3, 0.4) is 0 Å². The van der Waals surface area contributed by atoms with Gasteiger partial charge >= 0.3 is 10.1 Å². The van der Waals surface area contributed by atoms with Gasteiger partial charge in [-0.25, -0.2) is 4.39 Å². The molecule has 0 aliphatic heterocycles. The Balaban J connectivity index is 1.58. The van der Waals surface area contributed by atoms with E-state index < -0.39 is 15.9 Å². The highest BCUT2D eigenvalue weighted by molar-refractivity contribution is 7.87. The summed E-state index contributed by atoms with van der Waals surface area (Å²) >= 11 is 0.912. The van der Waals surface area contributed by atoms with Crippen LogP contribution in [0.15, 0.2) is 71.6 Å². The molecule has 0 N–H and O–H groups in total. The first kappa shape index (κ1) is 18.2. The molecule has 0 amide bonds. The molecule has 140 valence electrons. The fourth-order valence-corrected chi connectivity index (χ4v) is 4.28. The largest absolute Gasteiger partial charge is 0.379 e. The molecular weight excluding hydrogens is 403 g/mol. The van der Waals surface area contributed by atoms with Gasteiger partial charge in [0, 0.05) is 11.1 Å². The van der Waals surface area contributed by atoms with Gasteiger partial charge in [-0.3, -0.25) is 4.79 Å². The Bertz CT molecular complexity index is 1270. The summed E-state index contributed by atoms with van der Waals surface area (Å²) in [6.07, 6.45) is 0. The second kappa shape index (κ2) is 7.10. The van der Waals surface area contributed by atoms with Crippen LogP contribution >= 0.6 is 11.7 Å². The van der Waals surface area contributed by atoms with Crippen molar-refractivity contribution in [1.29, 1.82) is 0 Å². The number of ketones is 1. The van der Waals surface area contributed by atoms with Crippen LogP contribution in [-0.4, -0.2) is 22.9 Å². The monoisotopic (exact) mass is 414 g/mol. The van der Waals surface area contributed by atoms with Crippen molar-refractivity contribution in [3.8, 4) is 5.75 Å². The van der Waals surface area contributed by atoms with Gasteiger partial charge in [0.2, 0.25) is 0 Å². The summed E-state index contributed by atoms with van der Waals surface area (Å²) in [4.78, 5) is 12.3. The Hall–Kier alpha value is -3.17. The topological polar surface area (TPSA) is 86.2 Å². The molecule has 4 rings (SSSR count). The maximum atomic E-state index is 13.0. The molecule has 0 atom stereocenters. The van der Waals surface area contributed by atoms with E-state index in [0.717, 1.165) is 11.7 Å². The second-order valence-corrected chi connectivity index (χ2v) is 7.83. The van der Waals surface area contributed by atoms with E-state index in [9.17, 15) is 17.6 Å². The molecule has 0 saturated carbocycles. The number of benzene rings is 3. The molecule has 9 heteroatoms. The van der Waals surface area contributed by atoms with Gasteiger partial charge in [-0.05, 0) is 60.7 Å². The zero-order valence-corrected chi connectivity index (χ0v) is 15.7. The summed E-state index contributed by atoms with van der Waals surface area (Å²) in [5.74, 6) is -0.695. The van der Waals surface area contributed by atoms with Gasteiger partial charge in [0.15, 0.2) is 5.78 Å². The Labute approximate surface area is 163 Å². The summed E-state index contributed by atoms with van der Waals surface area (Å²) in [7, 11) is -4.12. The highest BCUT2D eigenvalue weighted by atomic mass is 32.2. The lowest BCUT2D eigenvalue weighted by Gasteiger charge is -2.08. The number of hydrogen-bond acceptors (Lipinski definition) is 7. The Morgan fingerprint density at radius 3 is 2.21 bits per heavy atom. The first-order valence-electron chi connectivity index (χ1n) is 8.00. The maximum absolute atomic E-state index is 13.0. The summed E-state index contributed by atoms with van der Waals surface area (Å²) in [6.45, 7) is 0. The summed E-state index contributed by atoms with van der Waals surface area (Å²) < 4.78 is 51.4.